The van der Waals surface area contributed by atoms with Crippen molar-refractivity contribution in [2.24, 2.45) is 5.92 Å². The topological polar surface area (TPSA) is 32.3 Å². The summed E-state index contributed by atoms with van der Waals surface area (Å²) in [4.78, 5) is 13.7. The Morgan fingerprint density at radius 3 is 2.12 bits per heavy atom. The minimum atomic E-state index is 0.107. The van der Waals surface area contributed by atoms with Crippen molar-refractivity contribution < 1.29 is 4.79 Å². The van der Waals surface area contributed by atoms with E-state index in [-0.39, 0.29) is 11.3 Å². The number of nitrogens with zero attached hydrogens (tertiary/aromatic N) is 1. The van der Waals surface area contributed by atoms with Crippen LogP contribution in [0.5, 0.6) is 0 Å². The molecule has 1 aliphatic rings. The molecule has 0 aromatic heterocycles. The molecule has 2 aromatic rings. The van der Waals surface area contributed by atoms with Gasteiger partial charge in [0.1, 0.15) is 0 Å². The smallest absolute Gasteiger partial charge is 0.221 e. The van der Waals surface area contributed by atoms with E-state index in [9.17, 15) is 4.79 Å². The Morgan fingerprint density at radius 2 is 1.62 bits per heavy atom. The van der Waals surface area contributed by atoms with Crippen LogP contribution in [0.1, 0.15) is 24.0 Å². The number of benzene rings is 2. The molecule has 0 radical (unpaired) electrons. The van der Waals surface area contributed by atoms with Gasteiger partial charge >= 0.3 is 0 Å². The molecule has 0 spiro atoms. The Kier molecular flexibility index (Phi) is 5.00. The van der Waals surface area contributed by atoms with Crippen molar-refractivity contribution in [3.05, 3.63) is 71.8 Å². The van der Waals surface area contributed by atoms with Gasteiger partial charge in [-0.25, -0.2) is 0 Å². The summed E-state index contributed by atoms with van der Waals surface area (Å²) in [7, 11) is 3.81. The minimum absolute atomic E-state index is 0.107. The lowest BCUT2D eigenvalue weighted by molar-refractivity contribution is -0.120. The van der Waals surface area contributed by atoms with Crippen molar-refractivity contribution in [2.75, 3.05) is 27.2 Å². The number of hydrogen-bond acceptors (Lipinski definition) is 2. The fourth-order valence-electron chi connectivity index (χ4n) is 3.78. The van der Waals surface area contributed by atoms with Crippen LogP contribution in [0, 0.1) is 5.92 Å². The van der Waals surface area contributed by atoms with Gasteiger partial charge in [-0.1, -0.05) is 60.7 Å². The second-order valence-electron chi connectivity index (χ2n) is 6.79. The molecule has 0 bridgehead atoms. The molecule has 24 heavy (non-hydrogen) atoms. The molecule has 0 saturated heterocycles. The van der Waals surface area contributed by atoms with Crippen LogP contribution >= 0.6 is 0 Å². The number of carbonyl (C=O) groups excluding carboxylic acids is 1. The number of hydrogen-bond donors (Lipinski definition) is 1. The number of carbonyl (C=O) groups is 1. The van der Waals surface area contributed by atoms with Crippen molar-refractivity contribution >= 4 is 5.91 Å². The summed E-state index contributed by atoms with van der Waals surface area (Å²) in [6, 6.07) is 21.7. The van der Waals surface area contributed by atoms with Crippen molar-refractivity contribution in [1.29, 1.82) is 0 Å². The Hall–Kier alpha value is -2.13. The first-order valence-electron chi connectivity index (χ1n) is 8.67. The first-order valence-corrected chi connectivity index (χ1v) is 8.67. The van der Waals surface area contributed by atoms with Crippen molar-refractivity contribution in [3.63, 3.8) is 0 Å². The summed E-state index contributed by atoms with van der Waals surface area (Å²) in [5.74, 6) is 0.701. The Bertz CT molecular complexity index is 629. The Morgan fingerprint density at radius 1 is 1.08 bits per heavy atom. The van der Waals surface area contributed by atoms with E-state index in [1.54, 1.807) is 7.05 Å². The van der Waals surface area contributed by atoms with Crippen LogP contribution in [0.2, 0.25) is 0 Å². The van der Waals surface area contributed by atoms with Gasteiger partial charge in [0.15, 0.2) is 0 Å². The predicted molar refractivity (Wildman–Crippen MR) is 98.0 cm³/mol. The van der Waals surface area contributed by atoms with Gasteiger partial charge in [-0.2, -0.15) is 0 Å². The third-order valence-electron chi connectivity index (χ3n) is 5.21. The largest absolute Gasteiger partial charge is 0.359 e. The van der Waals surface area contributed by atoms with Crippen LogP contribution in [0.25, 0.3) is 0 Å². The van der Waals surface area contributed by atoms with E-state index in [4.69, 9.17) is 0 Å². The molecule has 1 unspecified atom stereocenters. The molecule has 1 amide bonds. The van der Waals surface area contributed by atoms with Gasteiger partial charge in [0.25, 0.3) is 0 Å². The van der Waals surface area contributed by atoms with Crippen LogP contribution in [-0.2, 0) is 10.2 Å². The van der Waals surface area contributed by atoms with E-state index < -0.39 is 0 Å². The van der Waals surface area contributed by atoms with Crippen LogP contribution < -0.4 is 5.32 Å². The van der Waals surface area contributed by atoms with Gasteiger partial charge in [-0.3, -0.25) is 4.79 Å². The molecule has 3 heteroatoms. The van der Waals surface area contributed by atoms with Gasteiger partial charge in [0.05, 0.1) is 0 Å². The van der Waals surface area contributed by atoms with Crippen molar-refractivity contribution in [3.8, 4) is 0 Å². The monoisotopic (exact) mass is 322 g/mol. The standard InChI is InChI=1S/C21H26N2O/c1-22-20(24)13-14-23(2)16-19-15-21(19,17-9-5-3-6-10-17)18-11-7-4-8-12-18/h3-12,19H,13-16H2,1-2H3,(H,22,24). The second kappa shape index (κ2) is 7.18. The highest BCUT2D eigenvalue weighted by molar-refractivity contribution is 5.75. The number of rotatable bonds is 7. The summed E-state index contributed by atoms with van der Waals surface area (Å²) in [5.41, 5.74) is 2.94. The van der Waals surface area contributed by atoms with Crippen LogP contribution in [0.3, 0.4) is 0 Å². The summed E-state index contributed by atoms with van der Waals surface area (Å²) in [6.07, 6.45) is 1.73. The normalized spacial score (nSPS) is 18.4. The van der Waals surface area contributed by atoms with Gasteiger partial charge in [0.2, 0.25) is 5.91 Å². The SMILES string of the molecule is CNC(=O)CCN(C)CC1CC1(c1ccccc1)c1ccccc1. The molecule has 126 valence electrons. The third kappa shape index (κ3) is 3.36. The molecule has 3 rings (SSSR count). The molecule has 1 aliphatic carbocycles. The fourth-order valence-corrected chi connectivity index (χ4v) is 3.78. The molecular weight excluding hydrogens is 296 g/mol. The summed E-state index contributed by atoms with van der Waals surface area (Å²) in [6.45, 7) is 1.82. The van der Waals surface area contributed by atoms with Gasteiger partial charge in [-0.05, 0) is 30.5 Å². The van der Waals surface area contributed by atoms with E-state index in [0.717, 1.165) is 13.1 Å². The molecule has 2 aromatic carbocycles. The van der Waals surface area contributed by atoms with Gasteiger partial charge < -0.3 is 10.2 Å². The van der Waals surface area contributed by atoms with Crippen LogP contribution in [0.4, 0.5) is 0 Å². The molecule has 1 saturated carbocycles. The third-order valence-corrected chi connectivity index (χ3v) is 5.21. The maximum absolute atomic E-state index is 11.5. The van der Waals surface area contributed by atoms with E-state index in [0.29, 0.717) is 12.3 Å². The van der Waals surface area contributed by atoms with Gasteiger partial charge in [0, 0.05) is 32.0 Å². The van der Waals surface area contributed by atoms with E-state index in [1.165, 1.54) is 17.5 Å². The molecule has 1 N–H and O–H groups in total. The molecule has 1 atom stereocenters. The lowest BCUT2D eigenvalue weighted by atomic mass is 9.85. The lowest BCUT2D eigenvalue weighted by Gasteiger charge is -2.22. The van der Waals surface area contributed by atoms with E-state index in [2.05, 4.69) is 77.9 Å². The van der Waals surface area contributed by atoms with Gasteiger partial charge in [-0.15, -0.1) is 0 Å². The average molecular weight is 322 g/mol. The second-order valence-corrected chi connectivity index (χ2v) is 6.79. The highest BCUT2D eigenvalue weighted by Gasteiger charge is 2.56. The zero-order valence-electron chi connectivity index (χ0n) is 14.5. The first kappa shape index (κ1) is 16.7. The summed E-state index contributed by atoms with van der Waals surface area (Å²) in [5, 5.41) is 2.69. The molecule has 0 heterocycles. The zero-order chi connectivity index (χ0) is 17.0. The van der Waals surface area contributed by atoms with Crippen LogP contribution in [0.15, 0.2) is 60.7 Å². The maximum Gasteiger partial charge on any atom is 0.221 e. The quantitative estimate of drug-likeness (QED) is 0.850. The number of nitrogens with one attached hydrogen (secondary N) is 1. The minimum Gasteiger partial charge on any atom is -0.359 e. The first-order chi connectivity index (χ1) is 11.7. The van der Waals surface area contributed by atoms with Crippen LogP contribution in [-0.4, -0.2) is 38.0 Å². The Balaban J connectivity index is 1.74. The molecule has 3 nitrogen and oxygen atoms in total. The molecule has 1 fully saturated rings. The maximum atomic E-state index is 11.5. The Labute approximate surface area is 144 Å². The predicted octanol–water partition coefficient (Wildman–Crippen LogP) is 3.06. The van der Waals surface area contributed by atoms with E-state index in [1.807, 2.05) is 0 Å². The average Bonchev–Trinajstić information content (AvgIpc) is 3.36. The molecule has 0 aliphatic heterocycles. The summed E-state index contributed by atoms with van der Waals surface area (Å²) < 4.78 is 0. The highest BCUT2D eigenvalue weighted by Crippen LogP contribution is 2.58. The van der Waals surface area contributed by atoms with Crippen molar-refractivity contribution in [1.82, 2.24) is 10.2 Å². The molecular formula is C21H26N2O. The zero-order valence-corrected chi connectivity index (χ0v) is 14.5. The summed E-state index contributed by atoms with van der Waals surface area (Å²) >= 11 is 0. The van der Waals surface area contributed by atoms with E-state index >= 15 is 0 Å². The highest BCUT2D eigenvalue weighted by atomic mass is 16.1. The number of amides is 1. The fraction of sp³-hybridized carbons (Fsp3) is 0.381. The van der Waals surface area contributed by atoms with Crippen molar-refractivity contribution in [2.45, 2.75) is 18.3 Å². The lowest BCUT2D eigenvalue weighted by Crippen LogP contribution is -2.29.